The molecule has 1 heterocycles. The highest BCUT2D eigenvalue weighted by molar-refractivity contribution is 7.84. The number of para-hydroxylation sites is 1. The predicted octanol–water partition coefficient (Wildman–Crippen LogP) is 1.39. The van der Waals surface area contributed by atoms with Crippen molar-refractivity contribution in [2.45, 2.75) is 11.8 Å². The SMILES string of the molecule is CC(=O)c1nn(-c2ccccc2)c(N)c1S(C)=O. The lowest BCUT2D eigenvalue weighted by Crippen LogP contribution is -2.03. The van der Waals surface area contributed by atoms with E-state index in [0.717, 1.165) is 5.69 Å². The quantitative estimate of drug-likeness (QED) is 0.849. The largest absolute Gasteiger partial charge is 0.383 e. The Hall–Kier alpha value is -1.95. The number of Topliss-reactive ketones (excluding diaryl/α,β-unsaturated/α-hetero) is 1. The first-order valence-corrected chi connectivity index (χ1v) is 6.86. The van der Waals surface area contributed by atoms with E-state index in [1.54, 1.807) is 0 Å². The van der Waals surface area contributed by atoms with Gasteiger partial charge in [-0.2, -0.15) is 5.10 Å². The van der Waals surface area contributed by atoms with Gasteiger partial charge in [-0.05, 0) is 12.1 Å². The molecule has 0 spiro atoms. The van der Waals surface area contributed by atoms with Crippen LogP contribution in [0.15, 0.2) is 35.2 Å². The van der Waals surface area contributed by atoms with Gasteiger partial charge in [-0.25, -0.2) is 4.68 Å². The van der Waals surface area contributed by atoms with Crippen LogP contribution in [0.2, 0.25) is 0 Å². The first-order valence-electron chi connectivity index (χ1n) is 5.30. The normalized spacial score (nSPS) is 12.3. The summed E-state index contributed by atoms with van der Waals surface area (Å²) in [4.78, 5) is 11.8. The molecule has 1 aromatic heterocycles. The van der Waals surface area contributed by atoms with Crippen LogP contribution in [-0.4, -0.2) is 26.0 Å². The maximum absolute atomic E-state index is 11.7. The number of ketones is 1. The first kappa shape index (κ1) is 12.5. The summed E-state index contributed by atoms with van der Waals surface area (Å²) in [6.45, 7) is 1.38. The summed E-state index contributed by atoms with van der Waals surface area (Å²) in [5, 5.41) is 4.15. The van der Waals surface area contributed by atoms with Crippen molar-refractivity contribution in [1.29, 1.82) is 0 Å². The van der Waals surface area contributed by atoms with Crippen molar-refractivity contribution in [2.24, 2.45) is 0 Å². The first-order chi connectivity index (χ1) is 8.52. The number of rotatable bonds is 3. The fraction of sp³-hybridized carbons (Fsp3) is 0.167. The standard InChI is InChI=1S/C12H13N3O2S/c1-8(16)10-11(18(2)17)12(13)15(14-10)9-6-4-3-5-7-9/h3-7H,13H2,1-2H3. The van der Waals surface area contributed by atoms with Crippen molar-refractivity contribution in [2.75, 3.05) is 12.0 Å². The van der Waals surface area contributed by atoms with Gasteiger partial charge in [0, 0.05) is 13.2 Å². The van der Waals surface area contributed by atoms with Crippen LogP contribution >= 0.6 is 0 Å². The number of nitrogen functional groups attached to an aromatic ring is 1. The third-order valence-electron chi connectivity index (χ3n) is 2.50. The maximum Gasteiger partial charge on any atom is 0.181 e. The lowest BCUT2D eigenvalue weighted by atomic mass is 10.3. The monoisotopic (exact) mass is 263 g/mol. The van der Waals surface area contributed by atoms with Crippen molar-refractivity contribution in [3.05, 3.63) is 36.0 Å². The highest BCUT2D eigenvalue weighted by Crippen LogP contribution is 2.24. The van der Waals surface area contributed by atoms with Gasteiger partial charge in [0.1, 0.15) is 16.4 Å². The van der Waals surface area contributed by atoms with Crippen LogP contribution in [0.5, 0.6) is 0 Å². The molecule has 0 saturated carbocycles. The summed E-state index contributed by atoms with van der Waals surface area (Å²) in [7, 11) is -1.35. The fourth-order valence-corrected chi connectivity index (χ4v) is 2.53. The summed E-state index contributed by atoms with van der Waals surface area (Å²) >= 11 is 0. The lowest BCUT2D eigenvalue weighted by molar-refractivity contribution is 0.101. The number of hydrogen-bond donors (Lipinski definition) is 1. The highest BCUT2D eigenvalue weighted by Gasteiger charge is 2.22. The van der Waals surface area contributed by atoms with E-state index in [2.05, 4.69) is 5.10 Å². The van der Waals surface area contributed by atoms with Gasteiger partial charge < -0.3 is 5.73 Å². The Balaban J connectivity index is 2.68. The Bertz CT molecular complexity index is 620. The van der Waals surface area contributed by atoms with Crippen molar-refractivity contribution in [1.82, 2.24) is 9.78 Å². The highest BCUT2D eigenvalue weighted by atomic mass is 32.2. The number of nitrogens with two attached hydrogens (primary N) is 1. The third kappa shape index (κ3) is 2.06. The van der Waals surface area contributed by atoms with E-state index in [9.17, 15) is 9.00 Å². The van der Waals surface area contributed by atoms with Crippen LogP contribution in [0.4, 0.5) is 5.82 Å². The molecule has 0 fully saturated rings. The molecule has 2 rings (SSSR count). The molecule has 0 bridgehead atoms. The molecule has 0 saturated heterocycles. The van der Waals surface area contributed by atoms with Gasteiger partial charge in [0.25, 0.3) is 0 Å². The van der Waals surface area contributed by atoms with Crippen LogP contribution in [0.3, 0.4) is 0 Å². The van der Waals surface area contributed by atoms with Gasteiger partial charge in [-0.1, -0.05) is 18.2 Å². The molecule has 1 unspecified atom stereocenters. The van der Waals surface area contributed by atoms with Gasteiger partial charge in [0.05, 0.1) is 16.5 Å². The number of benzene rings is 1. The van der Waals surface area contributed by atoms with Crippen LogP contribution in [-0.2, 0) is 10.8 Å². The van der Waals surface area contributed by atoms with Gasteiger partial charge in [0.15, 0.2) is 5.78 Å². The zero-order chi connectivity index (χ0) is 13.3. The van der Waals surface area contributed by atoms with Crippen LogP contribution in [0, 0.1) is 0 Å². The van der Waals surface area contributed by atoms with Crippen molar-refractivity contribution in [3.63, 3.8) is 0 Å². The number of carbonyl (C=O) groups excluding carboxylic acids is 1. The van der Waals surface area contributed by atoms with E-state index >= 15 is 0 Å². The van der Waals surface area contributed by atoms with Crippen LogP contribution < -0.4 is 5.73 Å². The summed E-state index contributed by atoms with van der Waals surface area (Å²) < 4.78 is 13.1. The maximum atomic E-state index is 11.7. The van der Waals surface area contributed by atoms with Gasteiger partial charge in [-0.15, -0.1) is 0 Å². The molecule has 5 nitrogen and oxygen atoms in total. The molecule has 6 heteroatoms. The fourth-order valence-electron chi connectivity index (χ4n) is 1.70. The molecule has 1 aromatic carbocycles. The Morgan fingerprint density at radius 1 is 1.33 bits per heavy atom. The second-order valence-corrected chi connectivity index (χ2v) is 5.14. The van der Waals surface area contributed by atoms with E-state index in [0.29, 0.717) is 4.90 Å². The summed E-state index contributed by atoms with van der Waals surface area (Å²) in [5.41, 5.74) is 6.82. The Kier molecular flexibility index (Phi) is 3.29. The van der Waals surface area contributed by atoms with E-state index in [4.69, 9.17) is 5.73 Å². The second kappa shape index (κ2) is 4.73. The molecular weight excluding hydrogens is 250 g/mol. The van der Waals surface area contributed by atoms with Crippen molar-refractivity contribution in [3.8, 4) is 5.69 Å². The average molecular weight is 263 g/mol. The molecule has 18 heavy (non-hydrogen) atoms. The third-order valence-corrected chi connectivity index (χ3v) is 3.48. The number of aromatic nitrogens is 2. The average Bonchev–Trinajstić information content (AvgIpc) is 2.68. The lowest BCUT2D eigenvalue weighted by Gasteiger charge is -2.03. The number of carbonyl (C=O) groups is 1. The molecule has 0 aliphatic rings. The summed E-state index contributed by atoms with van der Waals surface area (Å²) in [6, 6.07) is 9.18. The van der Waals surface area contributed by atoms with E-state index < -0.39 is 10.8 Å². The molecule has 2 N–H and O–H groups in total. The van der Waals surface area contributed by atoms with E-state index in [1.165, 1.54) is 17.9 Å². The van der Waals surface area contributed by atoms with Gasteiger partial charge in [0.2, 0.25) is 0 Å². The Labute approximate surface area is 107 Å². The predicted molar refractivity (Wildman–Crippen MR) is 70.3 cm³/mol. The minimum absolute atomic E-state index is 0.164. The van der Waals surface area contributed by atoms with Crippen molar-refractivity contribution >= 4 is 22.4 Å². The number of anilines is 1. The molecule has 94 valence electrons. The molecule has 0 radical (unpaired) electrons. The smallest absolute Gasteiger partial charge is 0.181 e. The van der Waals surface area contributed by atoms with Crippen molar-refractivity contribution < 1.29 is 9.00 Å². The minimum Gasteiger partial charge on any atom is -0.383 e. The summed E-state index contributed by atoms with van der Waals surface area (Å²) in [5.74, 6) is -0.00573. The number of nitrogens with zero attached hydrogens (tertiary/aromatic N) is 2. The van der Waals surface area contributed by atoms with Crippen LogP contribution in [0.25, 0.3) is 5.69 Å². The zero-order valence-corrected chi connectivity index (χ0v) is 10.9. The van der Waals surface area contributed by atoms with Gasteiger partial charge >= 0.3 is 0 Å². The Morgan fingerprint density at radius 2 is 1.94 bits per heavy atom. The Morgan fingerprint density at radius 3 is 2.39 bits per heavy atom. The minimum atomic E-state index is -1.35. The molecule has 1 atom stereocenters. The molecular formula is C12H13N3O2S. The molecule has 2 aromatic rings. The zero-order valence-electron chi connectivity index (χ0n) is 10.1. The van der Waals surface area contributed by atoms with E-state index in [-0.39, 0.29) is 17.3 Å². The molecule has 0 aliphatic heterocycles. The second-order valence-electron chi connectivity index (χ2n) is 3.82. The molecule has 0 aliphatic carbocycles. The topological polar surface area (TPSA) is 78.0 Å². The summed E-state index contributed by atoms with van der Waals surface area (Å²) in [6.07, 6.45) is 1.48. The molecule has 0 amide bonds. The van der Waals surface area contributed by atoms with Gasteiger partial charge in [-0.3, -0.25) is 9.00 Å². The number of hydrogen-bond acceptors (Lipinski definition) is 4. The van der Waals surface area contributed by atoms with Crippen LogP contribution in [0.1, 0.15) is 17.4 Å². The van der Waals surface area contributed by atoms with E-state index in [1.807, 2.05) is 30.3 Å².